The minimum Gasteiger partial charge on any atom is -0.496 e. The van der Waals surface area contributed by atoms with Gasteiger partial charge in [-0.2, -0.15) is 0 Å². The maximum atomic E-state index is 13.2. The summed E-state index contributed by atoms with van der Waals surface area (Å²) in [7, 11) is 1.60. The Labute approximate surface area is 139 Å². The Hall–Kier alpha value is -3.14. The quantitative estimate of drug-likeness (QED) is 0.780. The number of nitrogens with two attached hydrogens (primary N) is 1. The van der Waals surface area contributed by atoms with Crippen molar-refractivity contribution in [1.82, 2.24) is 0 Å². The summed E-state index contributed by atoms with van der Waals surface area (Å²) in [6.45, 7) is 0. The topological polar surface area (TPSA) is 52.3 Å². The molecule has 0 aliphatic carbocycles. The molecule has 3 nitrogen and oxygen atoms in total. The number of hydrogen-bond donors (Lipinski definition) is 1. The lowest BCUT2D eigenvalue weighted by atomic mass is 9.97. The number of primary amides is 1. The van der Waals surface area contributed by atoms with E-state index in [4.69, 9.17) is 10.5 Å². The standard InChI is InChI=1S/C20H16FNO2/c1-24-19-11-8-16(13-2-4-15(5-3-13)20(22)23)12-18(19)14-6-9-17(21)10-7-14/h2-12H,1H3,(H2,22,23). The van der Waals surface area contributed by atoms with Gasteiger partial charge in [0, 0.05) is 11.1 Å². The fourth-order valence-corrected chi connectivity index (χ4v) is 2.57. The fourth-order valence-electron chi connectivity index (χ4n) is 2.57. The van der Waals surface area contributed by atoms with E-state index in [0.717, 1.165) is 22.3 Å². The molecule has 120 valence electrons. The molecule has 4 heteroatoms. The van der Waals surface area contributed by atoms with Crippen LogP contribution in [0, 0.1) is 5.82 Å². The second kappa shape index (κ2) is 6.54. The first-order chi connectivity index (χ1) is 11.6. The molecule has 0 heterocycles. The number of ether oxygens (including phenoxy) is 1. The minimum atomic E-state index is -0.455. The van der Waals surface area contributed by atoms with Crippen LogP contribution in [0.15, 0.2) is 66.7 Å². The first-order valence-electron chi connectivity index (χ1n) is 7.42. The molecular formula is C20H16FNO2. The molecule has 0 radical (unpaired) electrons. The van der Waals surface area contributed by atoms with Gasteiger partial charge in [0.05, 0.1) is 7.11 Å². The number of rotatable bonds is 4. The molecule has 3 aromatic rings. The lowest BCUT2D eigenvalue weighted by Gasteiger charge is -2.12. The van der Waals surface area contributed by atoms with Crippen molar-refractivity contribution in [3.05, 3.63) is 78.1 Å². The van der Waals surface area contributed by atoms with Gasteiger partial charge in [-0.1, -0.05) is 30.3 Å². The average molecular weight is 321 g/mol. The van der Waals surface area contributed by atoms with Crippen LogP contribution in [0.3, 0.4) is 0 Å². The zero-order valence-corrected chi connectivity index (χ0v) is 13.1. The van der Waals surface area contributed by atoms with Gasteiger partial charge in [0.15, 0.2) is 0 Å². The third-order valence-electron chi connectivity index (χ3n) is 3.86. The van der Waals surface area contributed by atoms with E-state index in [-0.39, 0.29) is 5.82 Å². The summed E-state index contributed by atoms with van der Waals surface area (Å²) in [6.07, 6.45) is 0. The molecule has 2 N–H and O–H groups in total. The van der Waals surface area contributed by atoms with Gasteiger partial charge in [0.25, 0.3) is 0 Å². The van der Waals surface area contributed by atoms with Crippen molar-refractivity contribution < 1.29 is 13.9 Å². The van der Waals surface area contributed by atoms with Crippen molar-refractivity contribution in [1.29, 1.82) is 0 Å². The van der Waals surface area contributed by atoms with E-state index in [1.165, 1.54) is 12.1 Å². The van der Waals surface area contributed by atoms with E-state index >= 15 is 0 Å². The van der Waals surface area contributed by atoms with Gasteiger partial charge < -0.3 is 10.5 Å². The Morgan fingerprint density at radius 3 is 2.04 bits per heavy atom. The van der Waals surface area contributed by atoms with E-state index in [0.29, 0.717) is 11.3 Å². The van der Waals surface area contributed by atoms with Crippen LogP contribution in [-0.2, 0) is 0 Å². The van der Waals surface area contributed by atoms with Gasteiger partial charge in [-0.05, 0) is 53.1 Å². The Bertz CT molecular complexity index is 871. The zero-order valence-electron chi connectivity index (χ0n) is 13.1. The number of carbonyl (C=O) groups excluding carboxylic acids is 1. The van der Waals surface area contributed by atoms with Gasteiger partial charge in [-0.3, -0.25) is 4.79 Å². The molecule has 24 heavy (non-hydrogen) atoms. The van der Waals surface area contributed by atoms with Crippen LogP contribution >= 0.6 is 0 Å². The summed E-state index contributed by atoms with van der Waals surface area (Å²) >= 11 is 0. The lowest BCUT2D eigenvalue weighted by Crippen LogP contribution is -2.10. The van der Waals surface area contributed by atoms with Gasteiger partial charge in [-0.15, -0.1) is 0 Å². The third-order valence-corrected chi connectivity index (χ3v) is 3.86. The van der Waals surface area contributed by atoms with Gasteiger partial charge >= 0.3 is 0 Å². The lowest BCUT2D eigenvalue weighted by molar-refractivity contribution is 0.100. The molecular weight excluding hydrogens is 305 g/mol. The molecule has 3 aromatic carbocycles. The van der Waals surface area contributed by atoms with Crippen molar-refractivity contribution in [2.24, 2.45) is 5.73 Å². The highest BCUT2D eigenvalue weighted by atomic mass is 19.1. The molecule has 0 aliphatic heterocycles. The van der Waals surface area contributed by atoms with E-state index < -0.39 is 5.91 Å². The van der Waals surface area contributed by atoms with Crippen LogP contribution in [0.5, 0.6) is 5.75 Å². The molecule has 0 saturated heterocycles. The predicted molar refractivity (Wildman–Crippen MR) is 92.3 cm³/mol. The van der Waals surface area contributed by atoms with Gasteiger partial charge in [-0.25, -0.2) is 4.39 Å². The van der Waals surface area contributed by atoms with Crippen LogP contribution in [-0.4, -0.2) is 13.0 Å². The Morgan fingerprint density at radius 2 is 1.46 bits per heavy atom. The maximum absolute atomic E-state index is 13.2. The second-order valence-corrected chi connectivity index (χ2v) is 5.36. The largest absolute Gasteiger partial charge is 0.496 e. The molecule has 0 spiro atoms. The first-order valence-corrected chi connectivity index (χ1v) is 7.42. The smallest absolute Gasteiger partial charge is 0.248 e. The fraction of sp³-hybridized carbons (Fsp3) is 0.0500. The van der Waals surface area contributed by atoms with E-state index in [2.05, 4.69) is 0 Å². The first kappa shape index (κ1) is 15.7. The van der Waals surface area contributed by atoms with Crippen molar-refractivity contribution in [3.63, 3.8) is 0 Å². The summed E-state index contributed by atoms with van der Waals surface area (Å²) < 4.78 is 18.6. The van der Waals surface area contributed by atoms with Crippen molar-refractivity contribution in [2.45, 2.75) is 0 Å². The Balaban J connectivity index is 2.05. The van der Waals surface area contributed by atoms with Crippen LogP contribution in [0.1, 0.15) is 10.4 Å². The Kier molecular flexibility index (Phi) is 4.29. The minimum absolute atomic E-state index is 0.282. The summed E-state index contributed by atoms with van der Waals surface area (Å²) in [4.78, 5) is 11.2. The molecule has 0 aromatic heterocycles. The summed E-state index contributed by atoms with van der Waals surface area (Å²) in [5.74, 6) is -0.0293. The number of halogens is 1. The molecule has 3 rings (SSSR count). The molecule has 0 fully saturated rings. The van der Waals surface area contributed by atoms with Crippen LogP contribution in [0.4, 0.5) is 4.39 Å². The SMILES string of the molecule is COc1ccc(-c2ccc(C(N)=O)cc2)cc1-c1ccc(F)cc1. The average Bonchev–Trinajstić information content (AvgIpc) is 2.62. The summed E-state index contributed by atoms with van der Waals surface area (Å²) in [5.41, 5.74) is 9.38. The molecule has 0 saturated carbocycles. The van der Waals surface area contributed by atoms with Crippen molar-refractivity contribution in [3.8, 4) is 28.0 Å². The number of amides is 1. The van der Waals surface area contributed by atoms with E-state index in [9.17, 15) is 9.18 Å². The van der Waals surface area contributed by atoms with E-state index in [1.54, 1.807) is 31.4 Å². The third kappa shape index (κ3) is 3.13. The van der Waals surface area contributed by atoms with Crippen LogP contribution < -0.4 is 10.5 Å². The number of benzene rings is 3. The number of hydrogen-bond acceptors (Lipinski definition) is 2. The van der Waals surface area contributed by atoms with Crippen LogP contribution in [0.25, 0.3) is 22.3 Å². The van der Waals surface area contributed by atoms with Gasteiger partial charge in [0.1, 0.15) is 11.6 Å². The van der Waals surface area contributed by atoms with E-state index in [1.807, 2.05) is 30.3 Å². The van der Waals surface area contributed by atoms with Gasteiger partial charge in [0.2, 0.25) is 5.91 Å². The normalized spacial score (nSPS) is 10.4. The number of methoxy groups -OCH3 is 1. The van der Waals surface area contributed by atoms with Crippen molar-refractivity contribution in [2.75, 3.05) is 7.11 Å². The van der Waals surface area contributed by atoms with Crippen LogP contribution in [0.2, 0.25) is 0 Å². The highest BCUT2D eigenvalue weighted by Crippen LogP contribution is 2.34. The molecule has 0 bridgehead atoms. The summed E-state index contributed by atoms with van der Waals surface area (Å²) in [5, 5.41) is 0. The van der Waals surface area contributed by atoms with Crippen molar-refractivity contribution >= 4 is 5.91 Å². The number of carbonyl (C=O) groups is 1. The zero-order chi connectivity index (χ0) is 17.1. The predicted octanol–water partition coefficient (Wildman–Crippen LogP) is 4.27. The molecule has 1 amide bonds. The summed E-state index contributed by atoms with van der Waals surface area (Å²) in [6, 6.07) is 19.1. The highest BCUT2D eigenvalue weighted by molar-refractivity contribution is 5.93. The molecule has 0 aliphatic rings. The second-order valence-electron chi connectivity index (χ2n) is 5.36. The maximum Gasteiger partial charge on any atom is 0.248 e. The highest BCUT2D eigenvalue weighted by Gasteiger charge is 2.09. The Morgan fingerprint density at radius 1 is 0.875 bits per heavy atom. The molecule has 0 unspecified atom stereocenters. The molecule has 0 atom stereocenters. The monoisotopic (exact) mass is 321 g/mol.